The van der Waals surface area contributed by atoms with Crippen molar-refractivity contribution in [2.24, 2.45) is 0 Å². The van der Waals surface area contributed by atoms with Crippen LogP contribution in [-0.4, -0.2) is 97.6 Å². The summed E-state index contributed by atoms with van der Waals surface area (Å²) in [6.07, 6.45) is 2.02. The first-order chi connectivity index (χ1) is 45.4. The summed E-state index contributed by atoms with van der Waals surface area (Å²) in [5.74, 6) is -4.64. The predicted molar refractivity (Wildman–Crippen MR) is 387 cm³/mol. The summed E-state index contributed by atoms with van der Waals surface area (Å²) in [4.78, 5) is 68.6. The summed E-state index contributed by atoms with van der Waals surface area (Å²) in [7, 11) is 2.53. The lowest BCUT2D eigenvalue weighted by Gasteiger charge is -2.20. The van der Waals surface area contributed by atoms with Gasteiger partial charge in [-0.3, -0.25) is 19.2 Å². The standard InChI is InChI=1S/C20H20FNO3S.C16H13FO4S.C15H15FO3S.C13H11FOS.C8H10O2S.4CH4/c1-12(2)22-11-16(19(25-3)20(22)24)18(23)17-9-8-15(26-17)10-13-4-6-14(21)7-5-13;1-21-16(20)14(19)9-13(18)15-7-6-12(22-15)8-10-2-4-11(17)5-3-10;1-15(18-8-9-19-15)13-7-6-12(20-13)14(17)10-2-4-11(16)5-3-10;1-9(15)13-7-6-12(16-13)8-10-2-4-11(14)5-3-10;1-8(9-4-5-10-8)7-3-2-6-11-7;;;;/h4-9,12H,10-11H2,1-3H3;2-7,9,19H,8H2,1H3;2-7,14,17H,8-9H2,1H3;2-7H,8H2,1H3;2-3,6H,4-5H2,1H3;4*1H4/b;14-9-;;;;;;;. The molecule has 5 aromatic heterocycles. The van der Waals surface area contributed by atoms with E-state index in [1.165, 1.54) is 101 Å². The van der Waals surface area contributed by atoms with Crippen LogP contribution in [0.15, 0.2) is 186 Å². The van der Waals surface area contributed by atoms with Crippen LogP contribution in [0.4, 0.5) is 17.6 Å². The van der Waals surface area contributed by atoms with E-state index < -0.39 is 35.2 Å². The van der Waals surface area contributed by atoms with E-state index in [1.54, 1.807) is 89.9 Å². The number of amides is 1. The highest BCUT2D eigenvalue weighted by Gasteiger charge is 2.38. The van der Waals surface area contributed by atoms with Crippen LogP contribution >= 0.6 is 56.7 Å². The van der Waals surface area contributed by atoms with Crippen LogP contribution in [0.1, 0.15) is 151 Å². The Kier molecular flexibility index (Phi) is 32.9. The van der Waals surface area contributed by atoms with Crippen molar-refractivity contribution in [1.82, 2.24) is 4.90 Å². The molecule has 0 saturated carbocycles. The summed E-state index contributed by atoms with van der Waals surface area (Å²) in [6.45, 7) is 12.0. The number of hydrogen-bond acceptors (Lipinski definition) is 18. The Bertz CT molecular complexity index is 4090. The molecular formula is C76H85F4NO13S5. The molecule has 1 unspecified atom stereocenters. The third-order valence-corrected chi connectivity index (χ3v) is 20.4. The lowest BCUT2D eigenvalue weighted by atomic mass is 10.1. The van der Waals surface area contributed by atoms with E-state index in [2.05, 4.69) is 4.74 Å². The molecule has 12 rings (SSSR count). The zero-order valence-corrected chi connectivity index (χ0v) is 56.9. The van der Waals surface area contributed by atoms with Gasteiger partial charge in [0, 0.05) is 50.9 Å². The molecule has 2 saturated heterocycles. The molecule has 8 heterocycles. The van der Waals surface area contributed by atoms with Crippen LogP contribution in [0.3, 0.4) is 0 Å². The molecule has 2 fully saturated rings. The number of allylic oxidation sites excluding steroid dienone is 1. The third-order valence-electron chi connectivity index (χ3n) is 14.7. The number of ether oxygens (including phenoxy) is 6. The topological polar surface area (TPSA) is 184 Å². The summed E-state index contributed by atoms with van der Waals surface area (Å²) in [5.41, 5.74) is 4.03. The number of ketones is 3. The second-order valence-corrected chi connectivity index (χ2v) is 27.5. The Hall–Kier alpha value is -8.07. The van der Waals surface area contributed by atoms with Gasteiger partial charge in [0.05, 0.1) is 77.2 Å². The molecular weight excluding hydrogens is 1370 g/mol. The fourth-order valence-electron chi connectivity index (χ4n) is 9.56. The van der Waals surface area contributed by atoms with Crippen molar-refractivity contribution < 1.29 is 80.2 Å². The van der Waals surface area contributed by atoms with Gasteiger partial charge in [-0.2, -0.15) is 0 Å². The maximum Gasteiger partial charge on any atom is 0.373 e. The zero-order chi connectivity index (χ0) is 68.4. The fourth-order valence-corrected chi connectivity index (χ4v) is 14.3. The highest BCUT2D eigenvalue weighted by molar-refractivity contribution is 7.15. The molecule has 14 nitrogen and oxygen atoms in total. The molecule has 1 amide bonds. The minimum atomic E-state index is -0.962. The van der Waals surface area contributed by atoms with E-state index in [-0.39, 0.29) is 88.8 Å². The average Bonchev–Trinajstić information content (AvgIpc) is 1.89. The average molecular weight is 1460 g/mol. The maximum atomic E-state index is 13.0. The van der Waals surface area contributed by atoms with Crippen LogP contribution in [0.5, 0.6) is 0 Å². The van der Waals surface area contributed by atoms with Gasteiger partial charge in [-0.1, -0.05) is 84.3 Å². The number of carbonyl (C=O) groups is 5. The molecule has 530 valence electrons. The van der Waals surface area contributed by atoms with Crippen molar-refractivity contribution in [2.45, 2.75) is 107 Å². The van der Waals surface area contributed by atoms with Crippen molar-refractivity contribution in [2.75, 3.05) is 47.2 Å². The minimum absolute atomic E-state index is 0. The summed E-state index contributed by atoms with van der Waals surface area (Å²) >= 11 is 7.25. The van der Waals surface area contributed by atoms with E-state index in [0.717, 1.165) is 70.4 Å². The van der Waals surface area contributed by atoms with Gasteiger partial charge in [-0.05, 0) is 165 Å². The Balaban J connectivity index is 0.000000266. The molecule has 4 aromatic carbocycles. The number of benzene rings is 4. The molecule has 99 heavy (non-hydrogen) atoms. The number of aliphatic hydroxyl groups is 2. The van der Waals surface area contributed by atoms with Gasteiger partial charge >= 0.3 is 5.97 Å². The molecule has 0 bridgehead atoms. The largest absolute Gasteiger partial charge is 0.502 e. The molecule has 2 N–H and O–H groups in total. The Morgan fingerprint density at radius 1 is 0.576 bits per heavy atom. The number of carbonyl (C=O) groups excluding carboxylic acids is 5. The van der Waals surface area contributed by atoms with Gasteiger partial charge < -0.3 is 43.5 Å². The number of thiophene rings is 5. The van der Waals surface area contributed by atoms with Crippen LogP contribution < -0.4 is 0 Å². The number of hydrogen-bond donors (Lipinski definition) is 2. The molecule has 0 aliphatic carbocycles. The van der Waals surface area contributed by atoms with Crippen LogP contribution in [0.2, 0.25) is 0 Å². The first kappa shape index (κ1) is 83.4. The first-order valence-corrected chi connectivity index (χ1v) is 33.9. The van der Waals surface area contributed by atoms with Crippen molar-refractivity contribution in [3.8, 4) is 0 Å². The van der Waals surface area contributed by atoms with E-state index in [4.69, 9.17) is 23.7 Å². The van der Waals surface area contributed by atoms with Gasteiger partial charge in [-0.25, -0.2) is 22.4 Å². The number of nitrogens with zero attached hydrogens (tertiary/aromatic N) is 1. The highest BCUT2D eigenvalue weighted by atomic mass is 32.1. The molecule has 23 heteroatoms. The Morgan fingerprint density at radius 2 is 1.00 bits per heavy atom. The number of halogens is 4. The molecule has 1 atom stereocenters. The first-order valence-electron chi connectivity index (χ1n) is 29.7. The van der Waals surface area contributed by atoms with Crippen molar-refractivity contribution in [3.05, 3.63) is 276 Å². The van der Waals surface area contributed by atoms with Gasteiger partial charge in [0.15, 0.2) is 17.3 Å². The molecule has 0 radical (unpaired) electrons. The third kappa shape index (κ3) is 23.3. The highest BCUT2D eigenvalue weighted by Crippen LogP contribution is 2.39. The maximum absolute atomic E-state index is 13.0. The van der Waals surface area contributed by atoms with Crippen LogP contribution in [0.25, 0.3) is 0 Å². The molecule has 3 aliphatic rings. The van der Waals surface area contributed by atoms with Crippen molar-refractivity contribution >= 4 is 85.9 Å². The molecule has 9 aromatic rings. The number of Topliss-reactive ketones (excluding diaryl/α,β-unsaturated/α-hetero) is 2. The van der Waals surface area contributed by atoms with Crippen molar-refractivity contribution in [3.63, 3.8) is 0 Å². The number of aliphatic hydroxyl groups excluding tert-OH is 2. The normalized spacial score (nSPS) is 14.3. The number of rotatable bonds is 18. The van der Waals surface area contributed by atoms with E-state index in [1.807, 2.05) is 75.5 Å². The summed E-state index contributed by atoms with van der Waals surface area (Å²) < 4.78 is 83.1. The second kappa shape index (κ2) is 39.1. The summed E-state index contributed by atoms with van der Waals surface area (Å²) in [6, 6.07) is 43.4. The lowest BCUT2D eigenvalue weighted by molar-refractivity contribution is -0.147. The predicted octanol–water partition coefficient (Wildman–Crippen LogP) is 18.5. The molecule has 3 aliphatic heterocycles. The van der Waals surface area contributed by atoms with Gasteiger partial charge in [0.2, 0.25) is 23.1 Å². The second-order valence-electron chi connectivity index (χ2n) is 21.9. The van der Waals surface area contributed by atoms with Crippen LogP contribution in [0, 0.1) is 23.3 Å². The van der Waals surface area contributed by atoms with Gasteiger partial charge in [0.25, 0.3) is 5.91 Å². The van der Waals surface area contributed by atoms with Gasteiger partial charge in [-0.15, -0.1) is 56.7 Å². The lowest BCUT2D eigenvalue weighted by Crippen LogP contribution is -2.34. The van der Waals surface area contributed by atoms with E-state index >= 15 is 0 Å². The Labute approximate surface area is 597 Å². The van der Waals surface area contributed by atoms with Gasteiger partial charge in [0.1, 0.15) is 29.4 Å². The fraction of sp³-hybridized carbons (Fsp3) is 0.303. The van der Waals surface area contributed by atoms with Crippen LogP contribution in [-0.2, 0) is 68.8 Å². The van der Waals surface area contributed by atoms with E-state index in [9.17, 15) is 51.7 Å². The van der Waals surface area contributed by atoms with E-state index in [0.29, 0.717) is 60.2 Å². The quantitative estimate of drug-likeness (QED) is 0.0272. The SMILES string of the molecule is C.C.C.C.CC(=O)c1ccc(Cc2ccc(F)cc2)s1.CC1(c2ccc(C(O)c3ccc(F)cc3)s2)OCCO1.CC1(c2cccs2)OCCO1.COC(=O)/C(O)=C/C(=O)c1ccc(Cc2ccc(F)cc2)s1.COC1=C(C(=O)c2ccc(Cc3ccc(F)cc3)s2)CN(C(C)C)C1=O. The van der Waals surface area contributed by atoms with Crippen molar-refractivity contribution in [1.29, 1.82) is 0 Å². The zero-order valence-electron chi connectivity index (χ0n) is 52.9. The smallest absolute Gasteiger partial charge is 0.373 e. The molecule has 0 spiro atoms. The minimum Gasteiger partial charge on any atom is -0.502 e. The number of esters is 1. The Morgan fingerprint density at radius 3 is 1.41 bits per heavy atom. The summed E-state index contributed by atoms with van der Waals surface area (Å²) in [5, 5.41) is 21.7. The monoisotopic (exact) mass is 1460 g/mol. The number of methoxy groups -OCH3 is 2.